The van der Waals surface area contributed by atoms with Crippen LogP contribution < -0.4 is 5.32 Å². The maximum absolute atomic E-state index is 12.8. The smallest absolute Gasteiger partial charge is 0.261 e. The summed E-state index contributed by atoms with van der Waals surface area (Å²) in [7, 11) is 0. The highest BCUT2D eigenvalue weighted by Crippen LogP contribution is 2.31. The van der Waals surface area contributed by atoms with E-state index < -0.39 is 0 Å². The van der Waals surface area contributed by atoms with Crippen molar-refractivity contribution in [3.63, 3.8) is 0 Å². The number of amides is 3. The first-order valence-electron chi connectivity index (χ1n) is 8.79. The molecule has 1 aliphatic heterocycles. The SMILES string of the molecule is Cc1ncsc1NC(=O)c1ccc2c(c1)C(=O)N(C1CCCCC1)C2=O. The molecule has 0 saturated heterocycles. The Kier molecular flexibility index (Phi) is 4.32. The van der Waals surface area contributed by atoms with Crippen LogP contribution in [0.15, 0.2) is 23.7 Å². The van der Waals surface area contributed by atoms with Crippen LogP contribution in [0.4, 0.5) is 5.00 Å². The van der Waals surface area contributed by atoms with E-state index in [1.807, 2.05) is 6.92 Å². The second-order valence-electron chi connectivity index (χ2n) is 6.75. The van der Waals surface area contributed by atoms with E-state index in [2.05, 4.69) is 10.3 Å². The van der Waals surface area contributed by atoms with E-state index in [0.29, 0.717) is 21.7 Å². The molecule has 2 aromatic rings. The minimum atomic E-state index is -0.309. The van der Waals surface area contributed by atoms with Gasteiger partial charge in [-0.25, -0.2) is 4.98 Å². The van der Waals surface area contributed by atoms with Crippen LogP contribution in [0, 0.1) is 6.92 Å². The molecule has 0 atom stereocenters. The minimum Gasteiger partial charge on any atom is -0.312 e. The number of imide groups is 1. The number of thiazole rings is 1. The highest BCUT2D eigenvalue weighted by molar-refractivity contribution is 7.14. The van der Waals surface area contributed by atoms with Crippen molar-refractivity contribution in [1.29, 1.82) is 0 Å². The molecule has 1 aromatic heterocycles. The van der Waals surface area contributed by atoms with Crippen molar-refractivity contribution in [3.05, 3.63) is 46.1 Å². The van der Waals surface area contributed by atoms with Gasteiger partial charge in [0.25, 0.3) is 17.7 Å². The van der Waals surface area contributed by atoms with Crippen molar-refractivity contribution in [3.8, 4) is 0 Å². The zero-order valence-electron chi connectivity index (χ0n) is 14.4. The number of nitrogens with zero attached hydrogens (tertiary/aromatic N) is 2. The predicted molar refractivity (Wildman–Crippen MR) is 98.6 cm³/mol. The Balaban J connectivity index is 1.59. The summed E-state index contributed by atoms with van der Waals surface area (Å²) in [6.45, 7) is 1.82. The molecule has 7 heteroatoms. The molecule has 0 bridgehead atoms. The van der Waals surface area contributed by atoms with Crippen LogP contribution >= 0.6 is 11.3 Å². The van der Waals surface area contributed by atoms with Crippen LogP contribution in [-0.2, 0) is 0 Å². The quantitative estimate of drug-likeness (QED) is 0.838. The maximum atomic E-state index is 12.8. The summed E-state index contributed by atoms with van der Waals surface area (Å²) in [5.74, 6) is -0.820. The summed E-state index contributed by atoms with van der Waals surface area (Å²) in [6, 6.07) is 4.70. The van der Waals surface area contributed by atoms with Gasteiger partial charge in [0.1, 0.15) is 5.00 Å². The largest absolute Gasteiger partial charge is 0.312 e. The molecule has 134 valence electrons. The van der Waals surface area contributed by atoms with Crippen molar-refractivity contribution in [1.82, 2.24) is 9.88 Å². The van der Waals surface area contributed by atoms with Gasteiger partial charge in [0.15, 0.2) is 0 Å². The van der Waals surface area contributed by atoms with Crippen molar-refractivity contribution < 1.29 is 14.4 Å². The fourth-order valence-corrected chi connectivity index (χ4v) is 4.36. The van der Waals surface area contributed by atoms with Crippen LogP contribution in [0.2, 0.25) is 0 Å². The number of benzene rings is 1. The van der Waals surface area contributed by atoms with Gasteiger partial charge < -0.3 is 5.32 Å². The highest BCUT2D eigenvalue weighted by Gasteiger charge is 2.40. The third-order valence-corrected chi connectivity index (χ3v) is 5.94. The molecule has 1 aliphatic carbocycles. The molecule has 26 heavy (non-hydrogen) atoms. The molecule has 0 radical (unpaired) electrons. The molecule has 6 nitrogen and oxygen atoms in total. The number of anilines is 1. The van der Waals surface area contributed by atoms with Gasteiger partial charge in [0, 0.05) is 11.6 Å². The van der Waals surface area contributed by atoms with Gasteiger partial charge in [-0.15, -0.1) is 11.3 Å². The average molecular weight is 369 g/mol. The van der Waals surface area contributed by atoms with Crippen molar-refractivity contribution in [2.24, 2.45) is 0 Å². The van der Waals surface area contributed by atoms with Crippen LogP contribution in [0.5, 0.6) is 0 Å². The van der Waals surface area contributed by atoms with E-state index in [1.54, 1.807) is 17.6 Å². The first-order valence-corrected chi connectivity index (χ1v) is 9.67. The van der Waals surface area contributed by atoms with Gasteiger partial charge in [-0.3, -0.25) is 19.3 Å². The van der Waals surface area contributed by atoms with E-state index in [4.69, 9.17) is 0 Å². The highest BCUT2D eigenvalue weighted by atomic mass is 32.1. The van der Waals surface area contributed by atoms with Gasteiger partial charge in [-0.05, 0) is 38.0 Å². The molecule has 2 aliphatic rings. The Hall–Kier alpha value is -2.54. The van der Waals surface area contributed by atoms with Gasteiger partial charge in [-0.1, -0.05) is 19.3 Å². The first-order chi connectivity index (χ1) is 12.6. The van der Waals surface area contributed by atoms with E-state index in [1.165, 1.54) is 22.3 Å². The Morgan fingerprint density at radius 2 is 1.88 bits per heavy atom. The molecule has 4 rings (SSSR count). The summed E-state index contributed by atoms with van der Waals surface area (Å²) in [4.78, 5) is 43.5. The fourth-order valence-electron chi connectivity index (χ4n) is 3.67. The molecular weight excluding hydrogens is 350 g/mol. The van der Waals surface area contributed by atoms with E-state index in [0.717, 1.165) is 37.8 Å². The molecule has 1 aromatic carbocycles. The number of aryl methyl sites for hydroxylation is 1. The summed E-state index contributed by atoms with van der Waals surface area (Å²) in [6.07, 6.45) is 4.97. The molecule has 2 heterocycles. The Labute approximate surface area is 155 Å². The lowest BCUT2D eigenvalue weighted by Gasteiger charge is -2.29. The zero-order valence-corrected chi connectivity index (χ0v) is 15.3. The maximum Gasteiger partial charge on any atom is 0.261 e. The fraction of sp³-hybridized carbons (Fsp3) is 0.368. The van der Waals surface area contributed by atoms with Gasteiger partial charge in [0.2, 0.25) is 0 Å². The summed E-state index contributed by atoms with van der Waals surface area (Å²) >= 11 is 1.35. The Morgan fingerprint density at radius 1 is 1.15 bits per heavy atom. The zero-order chi connectivity index (χ0) is 18.3. The monoisotopic (exact) mass is 369 g/mol. The minimum absolute atomic E-state index is 0.0201. The van der Waals surface area contributed by atoms with Crippen molar-refractivity contribution in [2.75, 3.05) is 5.32 Å². The van der Waals surface area contributed by atoms with Gasteiger partial charge in [0.05, 0.1) is 22.3 Å². The first kappa shape index (κ1) is 16.9. The molecule has 0 unspecified atom stereocenters. The molecule has 3 amide bonds. The number of fused-ring (bicyclic) bond motifs is 1. The second kappa shape index (κ2) is 6.64. The standard InChI is InChI=1S/C19H19N3O3S/c1-11-17(26-10-20-11)21-16(23)12-7-8-14-15(9-12)19(25)22(18(14)24)13-5-3-2-4-6-13/h7-10,13H,2-6H2,1H3,(H,21,23). The van der Waals surface area contributed by atoms with Crippen LogP contribution in [0.3, 0.4) is 0 Å². The number of rotatable bonds is 3. The molecule has 1 saturated carbocycles. The van der Waals surface area contributed by atoms with Crippen LogP contribution in [0.25, 0.3) is 0 Å². The van der Waals surface area contributed by atoms with Crippen LogP contribution in [-0.4, -0.2) is 33.6 Å². The summed E-state index contributed by atoms with van der Waals surface area (Å²) < 4.78 is 0. The van der Waals surface area contributed by atoms with Crippen LogP contribution in [0.1, 0.15) is 68.9 Å². The van der Waals surface area contributed by atoms with E-state index in [-0.39, 0.29) is 23.8 Å². The predicted octanol–water partition coefficient (Wildman–Crippen LogP) is 3.63. The molecular formula is C19H19N3O3S. The summed E-state index contributed by atoms with van der Waals surface area (Å²) in [5, 5.41) is 3.49. The number of carbonyl (C=O) groups is 3. The lowest BCUT2D eigenvalue weighted by Crippen LogP contribution is -2.40. The van der Waals surface area contributed by atoms with Crippen molar-refractivity contribution >= 4 is 34.1 Å². The lowest BCUT2D eigenvalue weighted by molar-refractivity contribution is 0.0549. The number of carbonyl (C=O) groups excluding carboxylic acids is 3. The second-order valence-corrected chi connectivity index (χ2v) is 7.61. The van der Waals surface area contributed by atoms with Crippen molar-refractivity contribution in [2.45, 2.75) is 45.1 Å². The lowest BCUT2D eigenvalue weighted by atomic mass is 9.94. The normalized spacial score (nSPS) is 17.5. The topological polar surface area (TPSA) is 79.4 Å². The molecule has 1 N–H and O–H groups in total. The van der Waals surface area contributed by atoms with E-state index >= 15 is 0 Å². The number of hydrogen-bond donors (Lipinski definition) is 1. The number of hydrogen-bond acceptors (Lipinski definition) is 5. The number of nitrogens with one attached hydrogen (secondary N) is 1. The number of aromatic nitrogens is 1. The third-order valence-electron chi connectivity index (χ3n) is 5.09. The van der Waals surface area contributed by atoms with E-state index in [9.17, 15) is 14.4 Å². The Bertz CT molecular complexity index is 899. The van der Waals surface area contributed by atoms with Gasteiger partial charge >= 0.3 is 0 Å². The average Bonchev–Trinajstić information content (AvgIpc) is 3.17. The molecule has 1 fully saturated rings. The molecule has 0 spiro atoms. The third kappa shape index (κ3) is 2.82. The summed E-state index contributed by atoms with van der Waals surface area (Å²) in [5.41, 5.74) is 3.50. The van der Waals surface area contributed by atoms with Gasteiger partial charge in [-0.2, -0.15) is 0 Å². The Morgan fingerprint density at radius 3 is 2.58 bits per heavy atom.